The number of likely N-dealkylation sites (tertiary alicyclic amines) is 2. The van der Waals surface area contributed by atoms with Crippen molar-refractivity contribution in [2.75, 3.05) is 59.9 Å². The van der Waals surface area contributed by atoms with Gasteiger partial charge in [-0.15, -0.1) is 0 Å². The molecule has 0 radical (unpaired) electrons. The number of carbonyl (C=O) groups is 1. The smallest absolute Gasteiger partial charge is 0.410 e. The van der Waals surface area contributed by atoms with Gasteiger partial charge in [-0.2, -0.15) is 0 Å². The van der Waals surface area contributed by atoms with Crippen LogP contribution in [0.5, 0.6) is 0 Å². The summed E-state index contributed by atoms with van der Waals surface area (Å²) in [6.45, 7) is 7.31. The first-order valence-corrected chi connectivity index (χ1v) is 11.2. The van der Waals surface area contributed by atoms with Crippen LogP contribution in [0.4, 0.5) is 4.79 Å². The highest BCUT2D eigenvalue weighted by atomic mass is 16.6. The van der Waals surface area contributed by atoms with Gasteiger partial charge in [-0.05, 0) is 52.9 Å². The van der Waals surface area contributed by atoms with Crippen LogP contribution in [-0.2, 0) is 4.74 Å². The van der Waals surface area contributed by atoms with E-state index < -0.39 is 0 Å². The highest BCUT2D eigenvalue weighted by Crippen LogP contribution is 2.36. The molecule has 1 atom stereocenters. The summed E-state index contributed by atoms with van der Waals surface area (Å²) >= 11 is 0. The lowest BCUT2D eigenvalue weighted by molar-refractivity contribution is -0.00941. The Morgan fingerprint density at radius 2 is 1.81 bits per heavy atom. The van der Waals surface area contributed by atoms with Gasteiger partial charge in [-0.1, -0.05) is 12.8 Å². The van der Waals surface area contributed by atoms with Gasteiger partial charge >= 0.3 is 6.09 Å². The van der Waals surface area contributed by atoms with Gasteiger partial charge in [0.2, 0.25) is 0 Å². The Labute approximate surface area is 164 Å². The number of likely N-dealkylation sites (N-methyl/N-ethyl adjacent to an activating group) is 1. The Morgan fingerprint density at radius 1 is 1.07 bits per heavy atom. The maximum atomic E-state index is 12.4. The minimum Gasteiger partial charge on any atom is -0.441 e. The van der Waals surface area contributed by atoms with E-state index in [4.69, 9.17) is 4.74 Å². The van der Waals surface area contributed by atoms with E-state index in [0.717, 1.165) is 58.0 Å². The zero-order valence-corrected chi connectivity index (χ0v) is 17.4. The van der Waals surface area contributed by atoms with Crippen LogP contribution in [0, 0.1) is 0 Å². The number of hydrogen-bond acceptors (Lipinski definition) is 5. The topological polar surface area (TPSA) is 39.3 Å². The van der Waals surface area contributed by atoms with Gasteiger partial charge in [-0.25, -0.2) is 4.79 Å². The van der Waals surface area contributed by atoms with Crippen molar-refractivity contribution in [1.29, 1.82) is 0 Å². The van der Waals surface area contributed by atoms with Crippen molar-refractivity contribution in [2.24, 2.45) is 0 Å². The molecule has 0 unspecified atom stereocenters. The van der Waals surface area contributed by atoms with Gasteiger partial charge in [0.1, 0.15) is 5.60 Å². The first kappa shape index (κ1) is 19.5. The van der Waals surface area contributed by atoms with Gasteiger partial charge in [0.05, 0.1) is 6.54 Å². The van der Waals surface area contributed by atoms with Crippen LogP contribution in [0.1, 0.15) is 51.4 Å². The van der Waals surface area contributed by atoms with Crippen LogP contribution in [0.2, 0.25) is 0 Å². The highest BCUT2D eigenvalue weighted by Gasteiger charge is 2.47. The van der Waals surface area contributed by atoms with Crippen LogP contribution in [0.3, 0.4) is 0 Å². The fourth-order valence-electron chi connectivity index (χ4n) is 5.61. The molecule has 3 heterocycles. The van der Waals surface area contributed by atoms with Crippen LogP contribution in [0.25, 0.3) is 0 Å². The molecule has 6 nitrogen and oxygen atoms in total. The maximum Gasteiger partial charge on any atom is 0.410 e. The Morgan fingerprint density at radius 3 is 2.48 bits per heavy atom. The number of hydrogen-bond donors (Lipinski definition) is 0. The van der Waals surface area contributed by atoms with E-state index in [1.807, 2.05) is 4.90 Å². The summed E-state index contributed by atoms with van der Waals surface area (Å²) in [6, 6.07) is 1.48. The van der Waals surface area contributed by atoms with Gasteiger partial charge in [0.15, 0.2) is 0 Å². The Balaban J connectivity index is 1.19. The lowest BCUT2D eigenvalue weighted by Crippen LogP contribution is -2.49. The zero-order valence-electron chi connectivity index (χ0n) is 17.4. The third-order valence-electron chi connectivity index (χ3n) is 7.47. The molecule has 1 spiro atoms. The third-order valence-corrected chi connectivity index (χ3v) is 7.47. The number of piperidine rings is 1. The maximum absolute atomic E-state index is 12.4. The van der Waals surface area contributed by atoms with Crippen molar-refractivity contribution in [3.63, 3.8) is 0 Å². The molecule has 0 bridgehead atoms. The molecule has 6 heteroatoms. The van der Waals surface area contributed by atoms with Crippen molar-refractivity contribution in [1.82, 2.24) is 19.6 Å². The molecule has 0 aromatic heterocycles. The molecule has 154 valence electrons. The Bertz CT molecular complexity index is 512. The molecular weight excluding hydrogens is 340 g/mol. The largest absolute Gasteiger partial charge is 0.441 e. The highest BCUT2D eigenvalue weighted by molar-refractivity contribution is 5.70. The van der Waals surface area contributed by atoms with Crippen molar-refractivity contribution in [3.8, 4) is 0 Å². The fraction of sp³-hybridized carbons (Fsp3) is 0.952. The minimum absolute atomic E-state index is 0.0723. The van der Waals surface area contributed by atoms with E-state index in [-0.39, 0.29) is 11.7 Å². The standard InChI is InChI=1S/C21H38N4O2/c1-22(2)19-8-13-23(16-19)11-5-12-25-17-21(27-20(25)26)9-14-24(15-10-21)18-6-3-4-7-18/h18-19H,3-17H2,1-2H3/t19-/m0/s1. The molecule has 0 aromatic carbocycles. The number of carbonyl (C=O) groups excluding carboxylic acids is 1. The summed E-state index contributed by atoms with van der Waals surface area (Å²) in [6.07, 6.45) is 9.79. The first-order valence-electron chi connectivity index (χ1n) is 11.2. The molecule has 1 aliphatic carbocycles. The molecule has 4 rings (SSSR count). The quantitative estimate of drug-likeness (QED) is 0.709. The summed E-state index contributed by atoms with van der Waals surface area (Å²) in [7, 11) is 4.34. The predicted octanol–water partition coefficient (Wildman–Crippen LogP) is 2.24. The lowest BCUT2D eigenvalue weighted by Gasteiger charge is -2.40. The van der Waals surface area contributed by atoms with E-state index in [9.17, 15) is 4.79 Å². The second-order valence-electron chi connectivity index (χ2n) is 9.51. The Hall–Kier alpha value is -0.850. The Kier molecular flexibility index (Phi) is 5.95. The first-order chi connectivity index (χ1) is 13.0. The van der Waals surface area contributed by atoms with E-state index in [0.29, 0.717) is 6.04 Å². The van der Waals surface area contributed by atoms with Crippen LogP contribution >= 0.6 is 0 Å². The van der Waals surface area contributed by atoms with E-state index in [1.54, 1.807) is 0 Å². The summed E-state index contributed by atoms with van der Waals surface area (Å²) in [4.78, 5) is 21.9. The van der Waals surface area contributed by atoms with E-state index >= 15 is 0 Å². The molecule has 4 fully saturated rings. The molecule has 1 saturated carbocycles. The van der Waals surface area contributed by atoms with Crippen LogP contribution in [-0.4, -0.2) is 103 Å². The molecule has 0 N–H and O–H groups in total. The molecule has 1 amide bonds. The molecule has 3 aliphatic heterocycles. The normalized spacial score (nSPS) is 30.1. The predicted molar refractivity (Wildman–Crippen MR) is 107 cm³/mol. The minimum atomic E-state index is -0.199. The molecule has 27 heavy (non-hydrogen) atoms. The van der Waals surface area contributed by atoms with E-state index in [2.05, 4.69) is 28.8 Å². The average Bonchev–Trinajstić information content (AvgIpc) is 3.38. The van der Waals surface area contributed by atoms with Gasteiger partial charge < -0.3 is 24.3 Å². The summed E-state index contributed by atoms with van der Waals surface area (Å²) in [5.41, 5.74) is -0.199. The number of nitrogens with zero attached hydrogens (tertiary/aromatic N) is 4. The number of rotatable bonds is 6. The molecule has 0 aromatic rings. The summed E-state index contributed by atoms with van der Waals surface area (Å²) in [5.74, 6) is 0. The van der Waals surface area contributed by atoms with Gasteiger partial charge in [0, 0.05) is 51.1 Å². The second-order valence-corrected chi connectivity index (χ2v) is 9.51. The molecular formula is C21H38N4O2. The second kappa shape index (κ2) is 8.26. The third kappa shape index (κ3) is 4.43. The molecule has 3 saturated heterocycles. The summed E-state index contributed by atoms with van der Waals surface area (Å²) in [5, 5.41) is 0. The SMILES string of the molecule is CN(C)[C@H]1CCN(CCCN2CC3(CCN(C4CCCC4)CC3)OC2=O)C1. The zero-order chi connectivity index (χ0) is 18.9. The van der Waals surface area contributed by atoms with Crippen molar-refractivity contribution < 1.29 is 9.53 Å². The number of amides is 1. The average molecular weight is 379 g/mol. The molecule has 4 aliphatic rings. The van der Waals surface area contributed by atoms with E-state index in [1.165, 1.54) is 45.2 Å². The van der Waals surface area contributed by atoms with Crippen LogP contribution in [0.15, 0.2) is 0 Å². The lowest BCUT2D eigenvalue weighted by atomic mass is 9.90. The number of ether oxygens (including phenoxy) is 1. The van der Waals surface area contributed by atoms with Crippen molar-refractivity contribution in [3.05, 3.63) is 0 Å². The van der Waals surface area contributed by atoms with Crippen molar-refractivity contribution >= 4 is 6.09 Å². The summed E-state index contributed by atoms with van der Waals surface area (Å²) < 4.78 is 5.92. The fourth-order valence-corrected chi connectivity index (χ4v) is 5.61. The van der Waals surface area contributed by atoms with Crippen LogP contribution < -0.4 is 0 Å². The van der Waals surface area contributed by atoms with Crippen molar-refractivity contribution in [2.45, 2.75) is 69.1 Å². The van der Waals surface area contributed by atoms with Gasteiger partial charge in [0.25, 0.3) is 0 Å². The monoisotopic (exact) mass is 378 g/mol. The van der Waals surface area contributed by atoms with Gasteiger partial charge in [-0.3, -0.25) is 0 Å².